The molecule has 1 aromatic rings. The van der Waals surface area contributed by atoms with Crippen molar-refractivity contribution in [3.05, 3.63) is 33.6 Å². The Kier molecular flexibility index (Phi) is 2.66. The second kappa shape index (κ2) is 4.00. The summed E-state index contributed by atoms with van der Waals surface area (Å²) in [6.45, 7) is 1.95. The van der Waals surface area contributed by atoms with Crippen molar-refractivity contribution in [3.63, 3.8) is 0 Å². The summed E-state index contributed by atoms with van der Waals surface area (Å²) in [6.07, 6.45) is 0.677. The van der Waals surface area contributed by atoms with Crippen LogP contribution in [-0.4, -0.2) is 32.0 Å². The Morgan fingerprint density at radius 2 is 2.41 bits per heavy atom. The van der Waals surface area contributed by atoms with Gasteiger partial charge < -0.3 is 10.0 Å². The summed E-state index contributed by atoms with van der Waals surface area (Å²) < 4.78 is 0. The fourth-order valence-corrected chi connectivity index (χ4v) is 1.93. The van der Waals surface area contributed by atoms with Gasteiger partial charge in [-0.25, -0.2) is 4.79 Å². The van der Waals surface area contributed by atoms with Gasteiger partial charge in [0.15, 0.2) is 0 Å². The molecule has 0 aliphatic carbocycles. The Labute approximate surface area is 96.8 Å². The zero-order valence-electron chi connectivity index (χ0n) is 9.16. The van der Waals surface area contributed by atoms with Crippen molar-refractivity contribution in [2.45, 2.75) is 25.9 Å². The average Bonchev–Trinajstić information content (AvgIpc) is 2.27. The lowest BCUT2D eigenvalue weighted by atomic mass is 10.00. The maximum Gasteiger partial charge on any atom is 0.407 e. The van der Waals surface area contributed by atoms with Crippen LogP contribution in [0.5, 0.6) is 0 Å². The molecule has 0 aromatic carbocycles. The molecule has 0 spiro atoms. The third-order valence-electron chi connectivity index (χ3n) is 2.86. The fraction of sp³-hybridized carbons (Fsp3) is 0.400. The standard InChI is InChI=1S/C10H11N3O4/c1-6-2-9-7(5-12(6)10(14)15)3-8(4-11-9)13(16)17/h3-4,6H,2,5H2,1H3,(H,14,15)/t6-/m1/s1. The average molecular weight is 237 g/mol. The first-order valence-electron chi connectivity index (χ1n) is 5.11. The molecule has 1 aromatic heterocycles. The summed E-state index contributed by atoms with van der Waals surface area (Å²) in [5, 5.41) is 19.6. The summed E-state index contributed by atoms with van der Waals surface area (Å²) in [5.74, 6) is 0. The second-order valence-corrected chi connectivity index (χ2v) is 4.02. The summed E-state index contributed by atoms with van der Waals surface area (Å²) >= 11 is 0. The molecule has 7 heteroatoms. The van der Waals surface area contributed by atoms with Crippen molar-refractivity contribution in [1.82, 2.24) is 9.88 Å². The predicted octanol–water partition coefficient (Wildman–Crippen LogP) is 1.41. The number of pyridine rings is 1. The molecule has 2 rings (SSSR count). The maximum atomic E-state index is 11.0. The number of hydrogen-bond donors (Lipinski definition) is 1. The van der Waals surface area contributed by atoms with Gasteiger partial charge in [0.2, 0.25) is 0 Å². The van der Waals surface area contributed by atoms with Crippen LogP contribution in [-0.2, 0) is 13.0 Å². The highest BCUT2D eigenvalue weighted by molar-refractivity contribution is 5.66. The molecule has 1 aliphatic heterocycles. The summed E-state index contributed by atoms with van der Waals surface area (Å²) in [5.41, 5.74) is 1.24. The predicted molar refractivity (Wildman–Crippen MR) is 57.6 cm³/mol. The van der Waals surface area contributed by atoms with Crippen molar-refractivity contribution in [3.8, 4) is 0 Å². The number of aromatic nitrogens is 1. The van der Waals surface area contributed by atoms with E-state index in [0.717, 1.165) is 5.69 Å². The first-order valence-corrected chi connectivity index (χ1v) is 5.11. The number of carboxylic acid groups (broad SMARTS) is 1. The Morgan fingerprint density at radius 3 is 3.00 bits per heavy atom. The second-order valence-electron chi connectivity index (χ2n) is 4.02. The van der Waals surface area contributed by atoms with E-state index >= 15 is 0 Å². The zero-order chi connectivity index (χ0) is 12.6. The van der Waals surface area contributed by atoms with E-state index in [-0.39, 0.29) is 18.3 Å². The normalized spacial score (nSPS) is 18.6. The summed E-state index contributed by atoms with van der Waals surface area (Å²) in [7, 11) is 0. The molecule has 0 fully saturated rings. The van der Waals surface area contributed by atoms with Crippen molar-refractivity contribution in [1.29, 1.82) is 0 Å². The fourth-order valence-electron chi connectivity index (χ4n) is 1.93. The molecule has 0 saturated heterocycles. The highest BCUT2D eigenvalue weighted by Gasteiger charge is 2.28. The SMILES string of the molecule is C[C@@H]1Cc2ncc([N+](=O)[O-])cc2CN1C(=O)O. The van der Waals surface area contributed by atoms with Gasteiger partial charge in [0.1, 0.15) is 6.20 Å². The molecule has 0 bridgehead atoms. The molecule has 90 valence electrons. The van der Waals surface area contributed by atoms with Gasteiger partial charge in [-0.2, -0.15) is 0 Å². The van der Waals surface area contributed by atoms with Crippen LogP contribution >= 0.6 is 0 Å². The summed E-state index contributed by atoms with van der Waals surface area (Å²) in [6, 6.07) is 1.23. The minimum absolute atomic E-state index is 0.108. The van der Waals surface area contributed by atoms with Gasteiger partial charge in [-0.05, 0) is 6.92 Å². The zero-order valence-corrected chi connectivity index (χ0v) is 9.16. The number of carbonyl (C=O) groups is 1. The lowest BCUT2D eigenvalue weighted by Gasteiger charge is -2.31. The smallest absolute Gasteiger partial charge is 0.407 e. The van der Waals surface area contributed by atoms with Crippen molar-refractivity contribution in [2.24, 2.45) is 0 Å². The van der Waals surface area contributed by atoms with Crippen LogP contribution in [0.3, 0.4) is 0 Å². The molecule has 1 atom stereocenters. The highest BCUT2D eigenvalue weighted by atomic mass is 16.6. The van der Waals surface area contributed by atoms with E-state index in [9.17, 15) is 14.9 Å². The lowest BCUT2D eigenvalue weighted by molar-refractivity contribution is -0.385. The third kappa shape index (κ3) is 2.03. The molecule has 0 radical (unpaired) electrons. The van der Waals surface area contributed by atoms with Crippen LogP contribution in [0.4, 0.5) is 10.5 Å². The molecule has 1 N–H and O–H groups in total. The Hall–Kier alpha value is -2.18. The molecule has 0 saturated carbocycles. The first kappa shape index (κ1) is 11.3. The first-order chi connectivity index (χ1) is 7.99. The third-order valence-corrected chi connectivity index (χ3v) is 2.86. The van der Waals surface area contributed by atoms with Gasteiger partial charge in [0, 0.05) is 29.8 Å². The van der Waals surface area contributed by atoms with E-state index in [1.807, 2.05) is 0 Å². The van der Waals surface area contributed by atoms with E-state index in [2.05, 4.69) is 4.98 Å². The number of hydrogen-bond acceptors (Lipinski definition) is 4. The molecule has 1 aliphatic rings. The van der Waals surface area contributed by atoms with E-state index in [1.54, 1.807) is 6.92 Å². The molecule has 0 unspecified atom stereocenters. The minimum atomic E-state index is -1.02. The molecular weight excluding hydrogens is 226 g/mol. The molecule has 2 heterocycles. The quantitative estimate of drug-likeness (QED) is 0.588. The molecular formula is C10H11N3O4. The van der Waals surface area contributed by atoms with Crippen molar-refractivity contribution < 1.29 is 14.8 Å². The van der Waals surface area contributed by atoms with Crippen molar-refractivity contribution in [2.75, 3.05) is 0 Å². The van der Waals surface area contributed by atoms with Crippen LogP contribution in [0.15, 0.2) is 12.3 Å². The molecule has 7 nitrogen and oxygen atoms in total. The summed E-state index contributed by atoms with van der Waals surface area (Å²) in [4.78, 5) is 26.3. The Bertz CT molecular complexity index is 488. The van der Waals surface area contributed by atoms with E-state index in [1.165, 1.54) is 17.2 Å². The van der Waals surface area contributed by atoms with Crippen LogP contribution in [0.2, 0.25) is 0 Å². The topological polar surface area (TPSA) is 96.6 Å². The van der Waals surface area contributed by atoms with Crippen molar-refractivity contribution >= 4 is 11.8 Å². The van der Waals surface area contributed by atoms with Gasteiger partial charge in [0.05, 0.1) is 11.5 Å². The molecule has 17 heavy (non-hydrogen) atoms. The largest absolute Gasteiger partial charge is 0.465 e. The van der Waals surface area contributed by atoms with Crippen LogP contribution in [0, 0.1) is 10.1 Å². The van der Waals surface area contributed by atoms with E-state index in [0.29, 0.717) is 12.0 Å². The Morgan fingerprint density at radius 1 is 1.71 bits per heavy atom. The molecule has 1 amide bonds. The van der Waals surface area contributed by atoms with Gasteiger partial charge in [-0.1, -0.05) is 0 Å². The van der Waals surface area contributed by atoms with Crippen LogP contribution in [0.25, 0.3) is 0 Å². The highest BCUT2D eigenvalue weighted by Crippen LogP contribution is 2.24. The minimum Gasteiger partial charge on any atom is -0.465 e. The van der Waals surface area contributed by atoms with Gasteiger partial charge >= 0.3 is 6.09 Å². The van der Waals surface area contributed by atoms with Crippen LogP contribution < -0.4 is 0 Å². The van der Waals surface area contributed by atoms with Gasteiger partial charge in [-0.15, -0.1) is 0 Å². The maximum absolute atomic E-state index is 11.0. The monoisotopic (exact) mass is 237 g/mol. The number of fused-ring (bicyclic) bond motifs is 1. The Balaban J connectivity index is 2.36. The van der Waals surface area contributed by atoms with Gasteiger partial charge in [0.25, 0.3) is 5.69 Å². The number of amides is 1. The van der Waals surface area contributed by atoms with E-state index < -0.39 is 11.0 Å². The number of nitrogens with zero attached hydrogens (tertiary/aromatic N) is 3. The van der Waals surface area contributed by atoms with E-state index in [4.69, 9.17) is 5.11 Å². The van der Waals surface area contributed by atoms with Gasteiger partial charge in [-0.3, -0.25) is 15.1 Å². The lowest BCUT2D eigenvalue weighted by Crippen LogP contribution is -2.42. The number of nitro groups is 1. The number of rotatable bonds is 1. The van der Waals surface area contributed by atoms with Crippen LogP contribution in [0.1, 0.15) is 18.2 Å².